The highest BCUT2D eigenvalue weighted by Crippen LogP contribution is 2.64. The number of rotatable bonds is 3. The van der Waals surface area contributed by atoms with Gasteiger partial charge in [-0.2, -0.15) is 0 Å². The number of aliphatic hydroxyl groups excluding tert-OH is 1. The number of aryl methyl sites for hydroxylation is 1. The minimum Gasteiger partial charge on any atom is -0.543 e. The summed E-state index contributed by atoms with van der Waals surface area (Å²) in [5, 5.41) is 20.8. The minimum atomic E-state index is -1.84. The first kappa shape index (κ1) is 23.9. The quantitative estimate of drug-likeness (QED) is 0.432. The van der Waals surface area contributed by atoms with Crippen molar-refractivity contribution in [2.45, 2.75) is 102 Å². The van der Waals surface area contributed by atoms with Crippen molar-refractivity contribution in [3.63, 3.8) is 0 Å². The third-order valence-electron chi connectivity index (χ3n) is 9.56. The molecule has 32 heavy (non-hydrogen) atoms. The van der Waals surface area contributed by atoms with Gasteiger partial charge in [-0.25, -0.2) is 0 Å². The van der Waals surface area contributed by atoms with Crippen molar-refractivity contribution < 1.29 is 14.6 Å². The Bertz CT molecular complexity index is 921. The summed E-state index contributed by atoms with van der Waals surface area (Å²) < 4.78 is 6.60. The molecule has 5 atom stereocenters. The lowest BCUT2D eigenvalue weighted by Gasteiger charge is -2.52. The Morgan fingerprint density at radius 2 is 1.91 bits per heavy atom. The smallest absolute Gasteiger partial charge is 0.250 e. The Hall–Kier alpha value is -1.28. The highest BCUT2D eigenvalue weighted by Gasteiger charge is 2.61. The first-order chi connectivity index (χ1) is 14.9. The molecule has 2 fully saturated rings. The SMILES string of the molecule is CC(C)(C)[Si](C)(C)Oc1ccc2c(c1)CC[C@@H]1[C@@H]2CC[C@@]2(C)[C@H]1CC[C@@]2(O)C#CCCO. The van der Waals surface area contributed by atoms with Gasteiger partial charge in [0.25, 0.3) is 0 Å². The minimum absolute atomic E-state index is 0.0613. The highest BCUT2D eigenvalue weighted by molar-refractivity contribution is 6.74. The van der Waals surface area contributed by atoms with Crippen LogP contribution in [0.2, 0.25) is 18.1 Å². The van der Waals surface area contributed by atoms with E-state index >= 15 is 0 Å². The molecule has 1 aromatic rings. The summed E-state index contributed by atoms with van der Waals surface area (Å²) in [6.07, 6.45) is 6.71. The van der Waals surface area contributed by atoms with Gasteiger partial charge in [0.2, 0.25) is 8.32 Å². The van der Waals surface area contributed by atoms with E-state index in [-0.39, 0.29) is 17.1 Å². The van der Waals surface area contributed by atoms with Crippen molar-refractivity contribution in [1.29, 1.82) is 0 Å². The second-order valence-electron chi connectivity index (χ2n) is 12.3. The monoisotopic (exact) mass is 454 g/mol. The Balaban J connectivity index is 1.56. The zero-order chi connectivity index (χ0) is 23.4. The summed E-state index contributed by atoms with van der Waals surface area (Å²) in [5.74, 6) is 9.01. The molecule has 0 aromatic heterocycles. The summed E-state index contributed by atoms with van der Waals surface area (Å²) in [5.41, 5.74) is 1.95. The zero-order valence-electron chi connectivity index (χ0n) is 20.9. The first-order valence-electron chi connectivity index (χ1n) is 12.6. The molecular weight excluding hydrogens is 412 g/mol. The fourth-order valence-corrected chi connectivity index (χ4v) is 7.58. The van der Waals surface area contributed by atoms with Crippen LogP contribution in [-0.2, 0) is 6.42 Å². The molecule has 0 unspecified atom stereocenters. The fraction of sp³-hybridized carbons (Fsp3) is 0.714. The van der Waals surface area contributed by atoms with E-state index in [2.05, 4.69) is 70.8 Å². The van der Waals surface area contributed by atoms with Crippen molar-refractivity contribution in [3.05, 3.63) is 29.3 Å². The molecule has 2 saturated carbocycles. The molecule has 3 nitrogen and oxygen atoms in total. The van der Waals surface area contributed by atoms with Gasteiger partial charge >= 0.3 is 0 Å². The van der Waals surface area contributed by atoms with Crippen molar-refractivity contribution >= 4 is 8.32 Å². The van der Waals surface area contributed by atoms with E-state index in [0.717, 1.165) is 37.9 Å². The van der Waals surface area contributed by atoms with E-state index in [9.17, 15) is 5.11 Å². The molecule has 0 aliphatic heterocycles. The molecule has 1 aromatic carbocycles. The third-order valence-corrected chi connectivity index (χ3v) is 13.9. The van der Waals surface area contributed by atoms with E-state index in [1.165, 1.54) is 17.5 Å². The van der Waals surface area contributed by atoms with E-state index in [0.29, 0.717) is 24.2 Å². The molecule has 176 valence electrons. The van der Waals surface area contributed by atoms with Crippen molar-refractivity contribution in [3.8, 4) is 17.6 Å². The van der Waals surface area contributed by atoms with Gasteiger partial charge in [0.15, 0.2) is 0 Å². The average molecular weight is 455 g/mol. The molecule has 0 heterocycles. The Morgan fingerprint density at radius 3 is 2.59 bits per heavy atom. The molecule has 0 bridgehead atoms. The molecule has 0 spiro atoms. The molecule has 0 amide bonds. The van der Waals surface area contributed by atoms with Gasteiger partial charge < -0.3 is 14.6 Å². The van der Waals surface area contributed by atoms with Gasteiger partial charge in [-0.15, -0.1) is 0 Å². The van der Waals surface area contributed by atoms with Crippen molar-refractivity contribution in [1.82, 2.24) is 0 Å². The number of aliphatic hydroxyl groups is 2. The summed E-state index contributed by atoms with van der Waals surface area (Å²) in [4.78, 5) is 0. The van der Waals surface area contributed by atoms with Crippen LogP contribution in [0.25, 0.3) is 0 Å². The average Bonchev–Trinajstić information content (AvgIpc) is 2.98. The summed E-state index contributed by atoms with van der Waals surface area (Å²) in [6.45, 7) is 13.8. The van der Waals surface area contributed by atoms with Gasteiger partial charge in [-0.05, 0) is 97.7 Å². The lowest BCUT2D eigenvalue weighted by atomic mass is 9.53. The maximum atomic E-state index is 11.5. The summed E-state index contributed by atoms with van der Waals surface area (Å²) in [7, 11) is -1.84. The molecule has 3 aliphatic carbocycles. The van der Waals surface area contributed by atoms with Crippen LogP contribution in [0.5, 0.6) is 5.75 Å². The van der Waals surface area contributed by atoms with E-state index in [1.54, 1.807) is 0 Å². The van der Waals surface area contributed by atoms with Crippen molar-refractivity contribution in [2.24, 2.45) is 17.3 Å². The largest absolute Gasteiger partial charge is 0.543 e. The number of fused-ring (bicyclic) bond motifs is 5. The zero-order valence-corrected chi connectivity index (χ0v) is 21.9. The van der Waals surface area contributed by atoms with Crippen LogP contribution in [0.4, 0.5) is 0 Å². The predicted octanol–water partition coefficient (Wildman–Crippen LogP) is 6.04. The second kappa shape index (κ2) is 8.19. The highest BCUT2D eigenvalue weighted by atomic mass is 28.4. The Labute approximate surface area is 196 Å². The molecular formula is C28H42O3Si. The Kier molecular flexibility index (Phi) is 6.10. The van der Waals surface area contributed by atoms with Crippen LogP contribution in [0.15, 0.2) is 18.2 Å². The Morgan fingerprint density at radius 1 is 1.16 bits per heavy atom. The lowest BCUT2D eigenvalue weighted by Crippen LogP contribution is -2.50. The van der Waals surface area contributed by atoms with E-state index in [4.69, 9.17) is 9.53 Å². The van der Waals surface area contributed by atoms with Crippen LogP contribution < -0.4 is 4.43 Å². The summed E-state index contributed by atoms with van der Waals surface area (Å²) >= 11 is 0. The second-order valence-corrected chi connectivity index (χ2v) is 17.0. The van der Waals surface area contributed by atoms with E-state index in [1.807, 2.05) is 0 Å². The molecule has 0 radical (unpaired) electrons. The van der Waals surface area contributed by atoms with Crippen LogP contribution >= 0.6 is 0 Å². The lowest BCUT2D eigenvalue weighted by molar-refractivity contribution is -0.0648. The maximum absolute atomic E-state index is 11.5. The third kappa shape index (κ3) is 3.85. The van der Waals surface area contributed by atoms with Gasteiger partial charge in [-0.3, -0.25) is 0 Å². The number of hydrogen-bond acceptors (Lipinski definition) is 3. The van der Waals surface area contributed by atoms with Crippen molar-refractivity contribution in [2.75, 3.05) is 6.61 Å². The van der Waals surface area contributed by atoms with Crippen LogP contribution in [0.3, 0.4) is 0 Å². The molecule has 2 N–H and O–H groups in total. The number of benzene rings is 1. The standard InChI is InChI=1S/C28H42O3Si/c1-26(2,3)32(5,6)31-21-10-12-22-20(19-21)9-11-24-23(22)13-16-27(4)25(24)14-17-28(27,30)15-7-8-18-29/h10,12,19,23-25,29-30H,8-9,11,13-14,16-18H2,1-6H3/t23-,24-,25+,27+,28+/m1/s1. The molecule has 3 aliphatic rings. The van der Waals surface area contributed by atoms with Gasteiger partial charge in [0, 0.05) is 11.8 Å². The van der Waals surface area contributed by atoms with Gasteiger partial charge in [-0.1, -0.05) is 45.6 Å². The molecule has 0 saturated heterocycles. The molecule has 4 rings (SSSR count). The summed E-state index contributed by atoms with van der Waals surface area (Å²) in [6, 6.07) is 6.88. The van der Waals surface area contributed by atoms with Gasteiger partial charge in [0.1, 0.15) is 11.4 Å². The topological polar surface area (TPSA) is 49.7 Å². The van der Waals surface area contributed by atoms with Crippen LogP contribution in [0, 0.1) is 29.1 Å². The fourth-order valence-electron chi connectivity index (χ4n) is 6.56. The number of hydrogen-bond donors (Lipinski definition) is 2. The van der Waals surface area contributed by atoms with E-state index < -0.39 is 13.9 Å². The molecule has 4 heteroatoms. The van der Waals surface area contributed by atoms with Crippen LogP contribution in [-0.4, -0.2) is 30.7 Å². The maximum Gasteiger partial charge on any atom is 0.250 e. The first-order valence-corrected chi connectivity index (χ1v) is 15.5. The van der Waals surface area contributed by atoms with Gasteiger partial charge in [0.05, 0.1) is 6.61 Å². The van der Waals surface area contributed by atoms with Crippen LogP contribution in [0.1, 0.15) is 83.3 Å². The normalized spacial score (nSPS) is 34.1. The predicted molar refractivity (Wildman–Crippen MR) is 133 cm³/mol.